The van der Waals surface area contributed by atoms with Crippen LogP contribution in [0, 0.1) is 11.3 Å². The van der Waals surface area contributed by atoms with Crippen LogP contribution >= 0.6 is 22.7 Å². The van der Waals surface area contributed by atoms with Gasteiger partial charge in [0, 0.05) is 11.1 Å². The summed E-state index contributed by atoms with van der Waals surface area (Å²) in [5, 5.41) is 17.3. The van der Waals surface area contributed by atoms with Crippen LogP contribution in [0.2, 0.25) is 0 Å². The minimum atomic E-state index is -0.317. The molecule has 0 aliphatic rings. The molecule has 2 heterocycles. The van der Waals surface area contributed by atoms with Gasteiger partial charge in [-0.2, -0.15) is 5.26 Å². The molecule has 7 heteroatoms. The number of aromatic nitrogens is 1. The van der Waals surface area contributed by atoms with E-state index in [1.165, 1.54) is 22.7 Å². The Kier molecular flexibility index (Phi) is 4.60. The first-order chi connectivity index (χ1) is 9.91. The van der Waals surface area contributed by atoms with Gasteiger partial charge in [0.05, 0.1) is 17.6 Å². The van der Waals surface area contributed by atoms with Crippen molar-refractivity contribution in [3.8, 4) is 6.07 Å². The highest BCUT2D eigenvalue weighted by molar-refractivity contribution is 7.14. The van der Waals surface area contributed by atoms with E-state index < -0.39 is 0 Å². The molecule has 0 saturated carbocycles. The van der Waals surface area contributed by atoms with E-state index in [0.29, 0.717) is 17.1 Å². The van der Waals surface area contributed by atoms with E-state index in [9.17, 15) is 10.1 Å². The average molecular weight is 320 g/mol. The summed E-state index contributed by atoms with van der Waals surface area (Å²) in [5.41, 5.74) is 3.09. The number of thiophene rings is 1. The standard InChI is InChI=1S/C14H16N4OS2/c1-14(2,3)11-7-20-12(10(11)4-15)18-13(19)17-6-9-5-16-8-21-9/h5,7-8H,6H2,1-3H3,(H2,17,18,19). The smallest absolute Gasteiger partial charge is 0.320 e. The Bertz CT molecular complexity index is 662. The molecule has 2 N–H and O–H groups in total. The average Bonchev–Trinajstić information content (AvgIpc) is 3.04. The van der Waals surface area contributed by atoms with Crippen molar-refractivity contribution >= 4 is 33.7 Å². The zero-order valence-corrected chi connectivity index (χ0v) is 13.7. The molecule has 5 nitrogen and oxygen atoms in total. The lowest BCUT2D eigenvalue weighted by Gasteiger charge is -2.17. The number of rotatable bonds is 3. The second-order valence-corrected chi connectivity index (χ2v) is 7.34. The largest absolute Gasteiger partial charge is 0.333 e. The number of thiazole rings is 1. The molecular weight excluding hydrogens is 304 g/mol. The van der Waals surface area contributed by atoms with Gasteiger partial charge in [-0.1, -0.05) is 20.8 Å². The van der Waals surface area contributed by atoms with Crippen molar-refractivity contribution in [1.29, 1.82) is 5.26 Å². The minimum Gasteiger partial charge on any atom is -0.333 e. The predicted molar refractivity (Wildman–Crippen MR) is 85.7 cm³/mol. The van der Waals surface area contributed by atoms with Crippen molar-refractivity contribution in [2.45, 2.75) is 32.7 Å². The molecule has 0 aliphatic heterocycles. The van der Waals surface area contributed by atoms with Gasteiger partial charge in [0.2, 0.25) is 0 Å². The summed E-state index contributed by atoms with van der Waals surface area (Å²) < 4.78 is 0. The number of nitrogens with zero attached hydrogens (tertiary/aromatic N) is 2. The molecule has 21 heavy (non-hydrogen) atoms. The van der Waals surface area contributed by atoms with E-state index in [1.54, 1.807) is 11.7 Å². The molecule has 2 aromatic rings. The summed E-state index contributed by atoms with van der Waals surface area (Å²) in [6.07, 6.45) is 1.72. The van der Waals surface area contributed by atoms with Crippen LogP contribution in [0.1, 0.15) is 36.8 Å². The fraction of sp³-hybridized carbons (Fsp3) is 0.357. The maximum Gasteiger partial charge on any atom is 0.320 e. The molecule has 0 spiro atoms. The first kappa shape index (κ1) is 15.5. The van der Waals surface area contributed by atoms with Gasteiger partial charge in [-0.05, 0) is 16.4 Å². The van der Waals surface area contributed by atoms with Crippen LogP contribution in [0.4, 0.5) is 9.80 Å². The summed E-state index contributed by atoms with van der Waals surface area (Å²) in [6, 6.07) is 1.87. The summed E-state index contributed by atoms with van der Waals surface area (Å²) >= 11 is 2.86. The SMILES string of the molecule is CC(C)(C)c1csc(NC(=O)NCc2cncs2)c1C#N. The molecule has 0 bridgehead atoms. The number of nitriles is 1. The zero-order chi connectivity index (χ0) is 15.5. The van der Waals surface area contributed by atoms with E-state index in [4.69, 9.17) is 0 Å². The molecule has 0 aromatic carbocycles. The number of hydrogen-bond acceptors (Lipinski definition) is 5. The van der Waals surface area contributed by atoms with Gasteiger partial charge in [0.1, 0.15) is 11.1 Å². The number of urea groups is 1. The third-order valence-corrected chi connectivity index (χ3v) is 4.52. The van der Waals surface area contributed by atoms with Crippen LogP contribution < -0.4 is 10.6 Å². The molecule has 0 radical (unpaired) electrons. The molecule has 0 atom stereocenters. The lowest BCUT2D eigenvalue weighted by atomic mass is 9.86. The number of hydrogen-bond donors (Lipinski definition) is 2. The second kappa shape index (κ2) is 6.24. The highest BCUT2D eigenvalue weighted by atomic mass is 32.1. The van der Waals surface area contributed by atoms with Gasteiger partial charge >= 0.3 is 6.03 Å². The topological polar surface area (TPSA) is 77.8 Å². The lowest BCUT2D eigenvalue weighted by Crippen LogP contribution is -2.27. The molecule has 0 unspecified atom stereocenters. The van der Waals surface area contributed by atoms with Crippen LogP contribution in [0.3, 0.4) is 0 Å². The molecule has 2 rings (SSSR count). The van der Waals surface area contributed by atoms with Crippen LogP contribution in [0.5, 0.6) is 0 Å². The van der Waals surface area contributed by atoms with Crippen LogP contribution in [-0.2, 0) is 12.0 Å². The van der Waals surface area contributed by atoms with E-state index >= 15 is 0 Å². The summed E-state index contributed by atoms with van der Waals surface area (Å²) in [5.74, 6) is 0. The Labute approximate surface area is 131 Å². The van der Waals surface area contributed by atoms with Gasteiger partial charge in [-0.15, -0.1) is 22.7 Å². The highest BCUT2D eigenvalue weighted by Gasteiger charge is 2.23. The van der Waals surface area contributed by atoms with Gasteiger partial charge in [0.15, 0.2) is 0 Å². The first-order valence-corrected chi connectivity index (χ1v) is 8.12. The Morgan fingerprint density at radius 3 is 2.76 bits per heavy atom. The summed E-state index contributed by atoms with van der Waals surface area (Å²) in [6.45, 7) is 6.56. The first-order valence-electron chi connectivity index (χ1n) is 6.36. The monoisotopic (exact) mass is 320 g/mol. The minimum absolute atomic E-state index is 0.124. The van der Waals surface area contributed by atoms with Crippen molar-refractivity contribution in [3.05, 3.63) is 33.1 Å². The van der Waals surface area contributed by atoms with Crippen molar-refractivity contribution in [2.24, 2.45) is 0 Å². The van der Waals surface area contributed by atoms with Crippen LogP contribution in [0.25, 0.3) is 0 Å². The quantitative estimate of drug-likeness (QED) is 0.905. The van der Waals surface area contributed by atoms with Crippen molar-refractivity contribution in [1.82, 2.24) is 10.3 Å². The van der Waals surface area contributed by atoms with Gasteiger partial charge < -0.3 is 5.32 Å². The van der Waals surface area contributed by atoms with Crippen molar-refractivity contribution in [3.63, 3.8) is 0 Å². The maximum absolute atomic E-state index is 11.9. The number of carbonyl (C=O) groups excluding carboxylic acids is 1. The van der Waals surface area contributed by atoms with Gasteiger partial charge in [-0.3, -0.25) is 10.3 Å². The summed E-state index contributed by atoms with van der Waals surface area (Å²) in [4.78, 5) is 16.8. The Balaban J connectivity index is 2.04. The third kappa shape index (κ3) is 3.80. The third-order valence-electron chi connectivity index (χ3n) is 2.84. The van der Waals surface area contributed by atoms with E-state index in [0.717, 1.165) is 10.4 Å². The molecule has 2 aromatic heterocycles. The number of amides is 2. The van der Waals surface area contributed by atoms with Crippen LogP contribution in [-0.4, -0.2) is 11.0 Å². The normalized spacial score (nSPS) is 11.0. The second-order valence-electron chi connectivity index (χ2n) is 5.49. The summed E-state index contributed by atoms with van der Waals surface area (Å²) in [7, 11) is 0. The number of nitrogens with one attached hydrogen (secondary N) is 2. The van der Waals surface area contributed by atoms with Gasteiger partial charge in [0.25, 0.3) is 0 Å². The van der Waals surface area contributed by atoms with E-state index in [-0.39, 0.29) is 11.4 Å². The number of carbonyl (C=O) groups is 1. The fourth-order valence-corrected chi connectivity index (χ4v) is 3.42. The fourth-order valence-electron chi connectivity index (χ4n) is 1.76. The molecule has 0 fully saturated rings. The predicted octanol–water partition coefficient (Wildman–Crippen LogP) is 3.70. The zero-order valence-electron chi connectivity index (χ0n) is 12.1. The highest BCUT2D eigenvalue weighted by Crippen LogP contribution is 2.35. The Morgan fingerprint density at radius 2 is 2.19 bits per heavy atom. The van der Waals surface area contributed by atoms with E-state index in [2.05, 4.69) is 21.7 Å². The van der Waals surface area contributed by atoms with Crippen molar-refractivity contribution in [2.75, 3.05) is 5.32 Å². The molecular formula is C14H16N4OS2. The molecule has 2 amide bonds. The number of anilines is 1. The Morgan fingerprint density at radius 1 is 1.43 bits per heavy atom. The van der Waals surface area contributed by atoms with Crippen LogP contribution in [0.15, 0.2) is 17.1 Å². The lowest BCUT2D eigenvalue weighted by molar-refractivity contribution is 0.252. The molecule has 110 valence electrons. The molecule has 0 saturated heterocycles. The van der Waals surface area contributed by atoms with Gasteiger partial charge in [-0.25, -0.2) is 4.79 Å². The molecule has 0 aliphatic carbocycles. The van der Waals surface area contributed by atoms with Crippen molar-refractivity contribution < 1.29 is 4.79 Å². The Hall–Kier alpha value is -1.91. The van der Waals surface area contributed by atoms with E-state index in [1.807, 2.05) is 26.2 Å². The maximum atomic E-state index is 11.9.